The SMILES string of the molecule is CC(=O)c1ccc(=O)n(CC(=O)OC(C)(C)C)c1. The predicted octanol–water partition coefficient (Wildman–Crippen LogP) is 1.39. The van der Waals surface area contributed by atoms with Gasteiger partial charge in [-0.15, -0.1) is 0 Å². The average Bonchev–Trinajstić information content (AvgIpc) is 2.18. The highest BCUT2D eigenvalue weighted by Gasteiger charge is 2.17. The van der Waals surface area contributed by atoms with Crippen molar-refractivity contribution >= 4 is 11.8 Å². The first kappa shape index (κ1) is 14.2. The van der Waals surface area contributed by atoms with Gasteiger partial charge >= 0.3 is 5.97 Å². The largest absolute Gasteiger partial charge is 0.459 e. The van der Waals surface area contributed by atoms with Crippen LogP contribution in [-0.4, -0.2) is 21.9 Å². The average molecular weight is 251 g/mol. The Balaban J connectivity index is 2.91. The van der Waals surface area contributed by atoms with Gasteiger partial charge in [0, 0.05) is 17.8 Å². The van der Waals surface area contributed by atoms with E-state index in [0.29, 0.717) is 5.56 Å². The number of ether oxygens (including phenoxy) is 1. The van der Waals surface area contributed by atoms with Crippen LogP contribution in [0.2, 0.25) is 0 Å². The molecule has 5 nitrogen and oxygen atoms in total. The smallest absolute Gasteiger partial charge is 0.326 e. The Morgan fingerprint density at radius 2 is 1.89 bits per heavy atom. The molecule has 1 aromatic heterocycles. The molecule has 0 bridgehead atoms. The summed E-state index contributed by atoms with van der Waals surface area (Å²) in [5, 5.41) is 0. The molecule has 98 valence electrons. The van der Waals surface area contributed by atoms with Crippen molar-refractivity contribution in [2.24, 2.45) is 0 Å². The normalized spacial score (nSPS) is 11.1. The van der Waals surface area contributed by atoms with Gasteiger partial charge in [0.05, 0.1) is 0 Å². The van der Waals surface area contributed by atoms with Crippen molar-refractivity contribution in [1.82, 2.24) is 4.57 Å². The Morgan fingerprint density at radius 3 is 2.39 bits per heavy atom. The van der Waals surface area contributed by atoms with Gasteiger partial charge in [-0.1, -0.05) is 0 Å². The molecule has 0 atom stereocenters. The molecule has 18 heavy (non-hydrogen) atoms. The number of esters is 1. The second-order valence-corrected chi connectivity index (χ2v) is 5.03. The number of carbonyl (C=O) groups excluding carboxylic acids is 2. The van der Waals surface area contributed by atoms with E-state index < -0.39 is 11.6 Å². The van der Waals surface area contributed by atoms with Crippen LogP contribution in [0.5, 0.6) is 0 Å². The van der Waals surface area contributed by atoms with Crippen molar-refractivity contribution in [3.8, 4) is 0 Å². The number of aromatic nitrogens is 1. The van der Waals surface area contributed by atoms with E-state index in [0.717, 1.165) is 0 Å². The molecule has 1 rings (SSSR count). The van der Waals surface area contributed by atoms with Crippen LogP contribution in [-0.2, 0) is 16.1 Å². The summed E-state index contributed by atoms with van der Waals surface area (Å²) in [6, 6.07) is 2.71. The molecule has 0 aliphatic heterocycles. The third kappa shape index (κ3) is 4.16. The summed E-state index contributed by atoms with van der Waals surface area (Å²) >= 11 is 0. The molecule has 0 aromatic carbocycles. The summed E-state index contributed by atoms with van der Waals surface area (Å²) in [4.78, 5) is 34.3. The minimum atomic E-state index is -0.598. The summed E-state index contributed by atoms with van der Waals surface area (Å²) in [5.41, 5.74) is -0.553. The maximum Gasteiger partial charge on any atom is 0.326 e. The zero-order valence-corrected chi connectivity index (χ0v) is 11.0. The monoisotopic (exact) mass is 251 g/mol. The Hall–Kier alpha value is -1.91. The van der Waals surface area contributed by atoms with Gasteiger partial charge in [0.25, 0.3) is 5.56 Å². The number of Topliss-reactive ketones (excluding diaryl/α,β-unsaturated/α-hetero) is 1. The van der Waals surface area contributed by atoms with Gasteiger partial charge in [-0.25, -0.2) is 0 Å². The highest BCUT2D eigenvalue weighted by molar-refractivity contribution is 5.93. The van der Waals surface area contributed by atoms with Crippen LogP contribution in [0, 0.1) is 0 Å². The van der Waals surface area contributed by atoms with Crippen LogP contribution in [0.25, 0.3) is 0 Å². The molecule has 5 heteroatoms. The van der Waals surface area contributed by atoms with Gasteiger partial charge in [-0.2, -0.15) is 0 Å². The van der Waals surface area contributed by atoms with Gasteiger partial charge in [0.1, 0.15) is 12.1 Å². The first-order valence-electron chi connectivity index (χ1n) is 5.62. The number of hydrogen-bond donors (Lipinski definition) is 0. The van der Waals surface area contributed by atoms with E-state index in [9.17, 15) is 14.4 Å². The minimum Gasteiger partial charge on any atom is -0.459 e. The molecule has 0 aliphatic carbocycles. The highest BCUT2D eigenvalue weighted by Crippen LogP contribution is 2.07. The van der Waals surface area contributed by atoms with Gasteiger partial charge < -0.3 is 9.30 Å². The van der Waals surface area contributed by atoms with Crippen LogP contribution in [0.3, 0.4) is 0 Å². The zero-order chi connectivity index (χ0) is 13.9. The molecule has 0 spiro atoms. The number of carbonyl (C=O) groups is 2. The van der Waals surface area contributed by atoms with Crippen molar-refractivity contribution in [3.63, 3.8) is 0 Å². The van der Waals surface area contributed by atoms with Gasteiger partial charge in [0.2, 0.25) is 0 Å². The first-order valence-corrected chi connectivity index (χ1v) is 5.62. The lowest BCUT2D eigenvalue weighted by Gasteiger charge is -2.19. The van der Waals surface area contributed by atoms with Gasteiger partial charge in [-0.3, -0.25) is 14.4 Å². The highest BCUT2D eigenvalue weighted by atomic mass is 16.6. The standard InChI is InChI=1S/C13H17NO4/c1-9(15)10-5-6-11(16)14(7-10)8-12(17)18-13(2,3)4/h5-7H,8H2,1-4H3. The summed E-state index contributed by atoms with van der Waals surface area (Å²) in [5.74, 6) is -0.668. The van der Waals surface area contributed by atoms with Crippen LogP contribution in [0.15, 0.2) is 23.1 Å². The number of rotatable bonds is 3. The Labute approximate surface area is 105 Å². The van der Waals surface area contributed by atoms with Crippen LogP contribution in [0.4, 0.5) is 0 Å². The Bertz CT molecular complexity index is 523. The zero-order valence-electron chi connectivity index (χ0n) is 11.0. The molecule has 0 amide bonds. The lowest BCUT2D eigenvalue weighted by molar-refractivity contribution is -0.155. The molecular weight excluding hydrogens is 234 g/mol. The van der Waals surface area contributed by atoms with Gasteiger partial charge in [0.15, 0.2) is 5.78 Å². The van der Waals surface area contributed by atoms with Crippen LogP contribution >= 0.6 is 0 Å². The van der Waals surface area contributed by atoms with E-state index in [1.807, 2.05) is 0 Å². The first-order chi connectivity index (χ1) is 8.19. The fourth-order valence-electron chi connectivity index (χ4n) is 1.38. The Morgan fingerprint density at radius 1 is 1.28 bits per heavy atom. The molecule has 0 aliphatic rings. The third-order valence-electron chi connectivity index (χ3n) is 2.11. The van der Waals surface area contributed by atoms with Gasteiger partial charge in [-0.05, 0) is 33.8 Å². The molecule has 1 aromatic rings. The number of pyridine rings is 1. The molecule has 0 saturated heterocycles. The fourth-order valence-corrected chi connectivity index (χ4v) is 1.38. The fraction of sp³-hybridized carbons (Fsp3) is 0.462. The van der Waals surface area contributed by atoms with E-state index >= 15 is 0 Å². The number of hydrogen-bond acceptors (Lipinski definition) is 4. The van der Waals surface area contributed by atoms with Crippen molar-refractivity contribution in [1.29, 1.82) is 0 Å². The summed E-state index contributed by atoms with van der Waals surface area (Å²) in [7, 11) is 0. The second kappa shape index (κ2) is 5.16. The summed E-state index contributed by atoms with van der Waals surface area (Å²) < 4.78 is 6.28. The molecule has 0 fully saturated rings. The number of nitrogens with zero attached hydrogens (tertiary/aromatic N) is 1. The molecule has 0 radical (unpaired) electrons. The van der Waals surface area contributed by atoms with Crippen molar-refractivity contribution < 1.29 is 14.3 Å². The molecule has 0 unspecified atom stereocenters. The van der Waals surface area contributed by atoms with E-state index in [1.54, 1.807) is 20.8 Å². The third-order valence-corrected chi connectivity index (χ3v) is 2.11. The minimum absolute atomic E-state index is 0.159. The molecule has 0 N–H and O–H groups in total. The second-order valence-electron chi connectivity index (χ2n) is 5.03. The van der Waals surface area contributed by atoms with E-state index in [-0.39, 0.29) is 17.9 Å². The number of ketones is 1. The van der Waals surface area contributed by atoms with Crippen molar-refractivity contribution in [3.05, 3.63) is 34.2 Å². The van der Waals surface area contributed by atoms with Crippen LogP contribution in [0.1, 0.15) is 38.1 Å². The predicted molar refractivity (Wildman–Crippen MR) is 66.6 cm³/mol. The van der Waals surface area contributed by atoms with Crippen molar-refractivity contribution in [2.45, 2.75) is 39.8 Å². The maximum atomic E-state index is 11.6. The molecule has 0 saturated carbocycles. The maximum absolute atomic E-state index is 11.6. The molecular formula is C13H17NO4. The van der Waals surface area contributed by atoms with E-state index in [1.165, 1.54) is 29.8 Å². The van der Waals surface area contributed by atoms with Crippen molar-refractivity contribution in [2.75, 3.05) is 0 Å². The van der Waals surface area contributed by atoms with Crippen LogP contribution < -0.4 is 5.56 Å². The molecule has 1 heterocycles. The van der Waals surface area contributed by atoms with E-state index in [4.69, 9.17) is 4.74 Å². The Kier molecular flexibility index (Phi) is 4.06. The lowest BCUT2D eigenvalue weighted by atomic mass is 10.2. The lowest BCUT2D eigenvalue weighted by Crippen LogP contribution is -2.30. The van der Waals surface area contributed by atoms with E-state index in [2.05, 4.69) is 0 Å². The summed E-state index contributed by atoms with van der Waals surface area (Å²) in [6.07, 6.45) is 1.37. The summed E-state index contributed by atoms with van der Waals surface area (Å²) in [6.45, 7) is 6.45. The quantitative estimate of drug-likeness (QED) is 0.601. The topological polar surface area (TPSA) is 65.4 Å².